The van der Waals surface area contributed by atoms with Crippen LogP contribution in [0.4, 0.5) is 0 Å². The first-order valence-corrected chi connectivity index (χ1v) is 11.6. The molecule has 0 radical (unpaired) electrons. The number of hydrogen-bond acceptors (Lipinski definition) is 7. The Hall–Kier alpha value is -5.29. The van der Waals surface area contributed by atoms with E-state index < -0.39 is 11.5 Å². The summed E-state index contributed by atoms with van der Waals surface area (Å²) >= 11 is 0. The van der Waals surface area contributed by atoms with Crippen molar-refractivity contribution in [1.82, 2.24) is 9.78 Å². The van der Waals surface area contributed by atoms with Gasteiger partial charge in [-0.15, -0.1) is 0 Å². The Morgan fingerprint density at radius 1 is 0.973 bits per heavy atom. The first-order valence-electron chi connectivity index (χ1n) is 11.6. The molecule has 8 heteroatoms. The van der Waals surface area contributed by atoms with E-state index in [1.807, 2.05) is 66.7 Å². The molecule has 1 unspecified atom stereocenters. The Bertz CT molecular complexity index is 1780. The molecular formula is C29H20N4O4. The summed E-state index contributed by atoms with van der Waals surface area (Å²) in [5, 5.41) is 15.5. The molecule has 0 saturated carbocycles. The van der Waals surface area contributed by atoms with Crippen LogP contribution < -0.4 is 20.8 Å². The minimum atomic E-state index is -0.925. The largest absolute Gasteiger partial charge is 0.439 e. The molecule has 2 N–H and O–H groups in total. The number of benzene rings is 3. The molecule has 5 aromatic rings. The topological polar surface area (TPSA) is 116 Å². The molecule has 0 saturated heterocycles. The Balaban J connectivity index is 1.67. The van der Waals surface area contributed by atoms with Gasteiger partial charge in [0.2, 0.25) is 11.8 Å². The Morgan fingerprint density at radius 2 is 1.65 bits per heavy atom. The van der Waals surface area contributed by atoms with Crippen molar-refractivity contribution in [1.29, 1.82) is 5.26 Å². The van der Waals surface area contributed by atoms with E-state index in [9.17, 15) is 10.1 Å². The summed E-state index contributed by atoms with van der Waals surface area (Å²) in [4.78, 5) is 13.4. The zero-order chi connectivity index (χ0) is 25.5. The van der Waals surface area contributed by atoms with Gasteiger partial charge in [0.15, 0.2) is 5.75 Å². The number of aromatic nitrogens is 2. The van der Waals surface area contributed by atoms with Crippen LogP contribution in [0.25, 0.3) is 16.7 Å². The quantitative estimate of drug-likeness (QED) is 0.341. The number of hydrogen-bond donors (Lipinski definition) is 1. The number of allylic oxidation sites excluding steroid dienone is 1. The standard InChI is InChI=1S/C29H20N4O4/c1-17-23(28(35-19-12-6-3-7-13-19)33(32-17)18-10-4-2-5-11-18)24-21(16-30)27(31)37-26-20-14-8-9-15-22(20)36-29(34)25(24)26/h2-15,24H,31H2,1H3. The van der Waals surface area contributed by atoms with E-state index >= 15 is 0 Å². The van der Waals surface area contributed by atoms with E-state index in [0.29, 0.717) is 33.9 Å². The lowest BCUT2D eigenvalue weighted by Gasteiger charge is -2.26. The minimum Gasteiger partial charge on any atom is -0.439 e. The highest BCUT2D eigenvalue weighted by Gasteiger charge is 2.40. The van der Waals surface area contributed by atoms with Gasteiger partial charge in [-0.25, -0.2) is 9.48 Å². The predicted molar refractivity (Wildman–Crippen MR) is 137 cm³/mol. The highest BCUT2D eigenvalue weighted by atomic mass is 16.5. The summed E-state index contributed by atoms with van der Waals surface area (Å²) in [6.07, 6.45) is 0. The third-order valence-corrected chi connectivity index (χ3v) is 6.28. The normalized spacial score (nSPS) is 14.6. The fraction of sp³-hybridized carbons (Fsp3) is 0.0690. The van der Waals surface area contributed by atoms with Crippen molar-refractivity contribution in [3.05, 3.63) is 124 Å². The van der Waals surface area contributed by atoms with Gasteiger partial charge in [-0.2, -0.15) is 10.4 Å². The van der Waals surface area contributed by atoms with Gasteiger partial charge < -0.3 is 19.6 Å². The summed E-state index contributed by atoms with van der Waals surface area (Å²) in [6, 6.07) is 27.9. The molecule has 2 aromatic heterocycles. The Morgan fingerprint density at radius 3 is 2.38 bits per heavy atom. The van der Waals surface area contributed by atoms with Crippen LogP contribution in [0.1, 0.15) is 22.7 Å². The molecule has 180 valence electrons. The molecule has 3 aromatic carbocycles. The van der Waals surface area contributed by atoms with E-state index in [2.05, 4.69) is 6.07 Å². The maximum atomic E-state index is 13.4. The first-order chi connectivity index (χ1) is 18.1. The van der Waals surface area contributed by atoms with Crippen molar-refractivity contribution in [3.63, 3.8) is 0 Å². The molecular weight excluding hydrogens is 468 g/mol. The van der Waals surface area contributed by atoms with E-state index in [-0.39, 0.29) is 22.8 Å². The monoisotopic (exact) mass is 488 g/mol. The lowest BCUT2D eigenvalue weighted by atomic mass is 9.83. The van der Waals surface area contributed by atoms with Crippen molar-refractivity contribution >= 4 is 11.0 Å². The van der Waals surface area contributed by atoms with Gasteiger partial charge >= 0.3 is 5.63 Å². The van der Waals surface area contributed by atoms with E-state index in [1.54, 1.807) is 29.8 Å². The van der Waals surface area contributed by atoms with E-state index in [1.165, 1.54) is 0 Å². The zero-order valence-corrected chi connectivity index (χ0v) is 19.7. The second-order valence-corrected chi connectivity index (χ2v) is 8.52. The summed E-state index contributed by atoms with van der Waals surface area (Å²) in [7, 11) is 0. The number of nitrogens with two attached hydrogens (primary N) is 1. The van der Waals surface area contributed by atoms with Crippen LogP contribution >= 0.6 is 0 Å². The van der Waals surface area contributed by atoms with Gasteiger partial charge in [0.05, 0.1) is 33.8 Å². The van der Waals surface area contributed by atoms with Gasteiger partial charge in [-0.05, 0) is 43.3 Å². The number of nitriles is 1. The van der Waals surface area contributed by atoms with Crippen LogP contribution in [-0.2, 0) is 0 Å². The van der Waals surface area contributed by atoms with Crippen LogP contribution in [0.15, 0.2) is 106 Å². The van der Waals surface area contributed by atoms with Crippen molar-refractivity contribution in [2.45, 2.75) is 12.8 Å². The molecule has 37 heavy (non-hydrogen) atoms. The molecule has 1 aliphatic heterocycles. The predicted octanol–water partition coefficient (Wildman–Crippen LogP) is 5.30. The van der Waals surface area contributed by atoms with Crippen molar-refractivity contribution in [2.24, 2.45) is 5.73 Å². The molecule has 0 bridgehead atoms. The number of rotatable bonds is 4. The molecule has 8 nitrogen and oxygen atoms in total. The van der Waals surface area contributed by atoms with Gasteiger partial charge in [-0.1, -0.05) is 48.5 Å². The Kier molecular flexibility index (Phi) is 5.24. The first kappa shape index (κ1) is 22.2. The van der Waals surface area contributed by atoms with Gasteiger partial charge in [-0.3, -0.25) is 0 Å². The molecule has 6 rings (SSSR count). The van der Waals surface area contributed by atoms with Crippen molar-refractivity contribution in [2.75, 3.05) is 0 Å². The van der Waals surface area contributed by atoms with Gasteiger partial charge in [0, 0.05) is 0 Å². The number of nitrogens with zero attached hydrogens (tertiary/aromatic N) is 3. The van der Waals surface area contributed by atoms with Gasteiger partial charge in [0.25, 0.3) is 0 Å². The maximum absolute atomic E-state index is 13.4. The molecule has 0 spiro atoms. The number of ether oxygens (including phenoxy) is 2. The lowest BCUT2D eigenvalue weighted by molar-refractivity contribution is 0.385. The summed E-state index contributed by atoms with van der Waals surface area (Å²) < 4.78 is 19.6. The molecule has 0 aliphatic carbocycles. The average Bonchev–Trinajstić information content (AvgIpc) is 3.24. The fourth-order valence-electron chi connectivity index (χ4n) is 4.65. The summed E-state index contributed by atoms with van der Waals surface area (Å²) in [5.41, 5.74) is 8.06. The summed E-state index contributed by atoms with van der Waals surface area (Å²) in [6.45, 7) is 1.80. The van der Waals surface area contributed by atoms with E-state index in [0.717, 1.165) is 5.69 Å². The third kappa shape index (κ3) is 3.61. The van der Waals surface area contributed by atoms with Crippen molar-refractivity contribution in [3.8, 4) is 29.1 Å². The van der Waals surface area contributed by atoms with Gasteiger partial charge in [0.1, 0.15) is 23.0 Å². The summed E-state index contributed by atoms with van der Waals surface area (Å²) in [5.74, 6) is 0.153. The van der Waals surface area contributed by atoms with Crippen LogP contribution in [-0.4, -0.2) is 9.78 Å². The number of fused-ring (bicyclic) bond motifs is 3. The highest BCUT2D eigenvalue weighted by Crippen LogP contribution is 2.48. The van der Waals surface area contributed by atoms with Crippen LogP contribution in [0.5, 0.6) is 17.4 Å². The zero-order valence-electron chi connectivity index (χ0n) is 19.7. The molecule has 1 atom stereocenters. The molecule has 1 aliphatic rings. The maximum Gasteiger partial charge on any atom is 0.344 e. The van der Waals surface area contributed by atoms with Crippen molar-refractivity contribution < 1.29 is 13.9 Å². The Labute approximate surface area is 211 Å². The number of para-hydroxylation sites is 3. The second-order valence-electron chi connectivity index (χ2n) is 8.52. The smallest absolute Gasteiger partial charge is 0.344 e. The van der Waals surface area contributed by atoms with Crippen LogP contribution in [0.2, 0.25) is 0 Å². The average molecular weight is 489 g/mol. The lowest BCUT2D eigenvalue weighted by Crippen LogP contribution is -2.26. The van der Waals surface area contributed by atoms with Crippen LogP contribution in [0, 0.1) is 18.3 Å². The number of aryl methyl sites for hydroxylation is 1. The SMILES string of the molecule is Cc1nn(-c2ccccc2)c(Oc2ccccc2)c1C1C(C#N)=C(N)Oc2c1c(=O)oc1ccccc21. The molecule has 3 heterocycles. The van der Waals surface area contributed by atoms with Crippen LogP contribution in [0.3, 0.4) is 0 Å². The van der Waals surface area contributed by atoms with E-state index in [4.69, 9.17) is 24.7 Å². The highest BCUT2D eigenvalue weighted by molar-refractivity contribution is 5.86. The fourth-order valence-corrected chi connectivity index (χ4v) is 4.65. The molecule has 0 fully saturated rings. The molecule has 0 amide bonds. The third-order valence-electron chi connectivity index (χ3n) is 6.28. The minimum absolute atomic E-state index is 0.0729. The second kappa shape index (κ2) is 8.73.